The molecule has 6 heteroatoms. The van der Waals surface area contributed by atoms with Crippen LogP contribution in [0, 0.1) is 0 Å². The number of nitrogens with zero attached hydrogens (tertiary/aromatic N) is 2. The topological polar surface area (TPSA) is 72.4 Å². The van der Waals surface area contributed by atoms with Crippen molar-refractivity contribution < 1.29 is 4.79 Å². The summed E-state index contributed by atoms with van der Waals surface area (Å²) in [7, 11) is 0. The number of carbonyl (C=O) groups excluding carboxylic acids is 1. The zero-order valence-electron chi connectivity index (χ0n) is 7.07. The van der Waals surface area contributed by atoms with Crippen molar-refractivity contribution in [2.45, 2.75) is 0 Å². The lowest BCUT2D eigenvalue weighted by molar-refractivity contribution is 0.0942. The van der Waals surface area contributed by atoms with Crippen molar-refractivity contribution in [3.63, 3.8) is 0 Å². The van der Waals surface area contributed by atoms with Crippen LogP contribution >= 0.6 is 15.9 Å². The molecular formula is C8H7BrN4O. The lowest BCUT2D eigenvalue weighted by Gasteiger charge is -1.99. The van der Waals surface area contributed by atoms with E-state index in [1.165, 1.54) is 0 Å². The van der Waals surface area contributed by atoms with E-state index in [0.29, 0.717) is 0 Å². The molecule has 2 rings (SSSR count). The minimum atomic E-state index is -0.414. The Labute approximate surface area is 88.0 Å². The summed E-state index contributed by atoms with van der Waals surface area (Å²) in [5, 5.41) is 0. The number of nitrogen functional groups attached to an aromatic ring is 1. The summed E-state index contributed by atoms with van der Waals surface area (Å²) in [6, 6.07) is 3.73. The predicted octanol–water partition coefficient (Wildman–Crippen LogP) is 0.700. The Hall–Kier alpha value is -1.40. The molecule has 2 heterocycles. The first-order valence-electron chi connectivity index (χ1n) is 3.86. The Morgan fingerprint density at radius 1 is 1.57 bits per heavy atom. The molecule has 3 N–H and O–H groups in total. The Balaban J connectivity index is 2.67. The summed E-state index contributed by atoms with van der Waals surface area (Å²) >= 11 is 3.31. The zero-order valence-corrected chi connectivity index (χ0v) is 8.65. The largest absolute Gasteiger partial charge is 0.301 e. The fourth-order valence-corrected chi connectivity index (χ4v) is 1.53. The van der Waals surface area contributed by atoms with Gasteiger partial charge >= 0.3 is 5.91 Å². The minimum Gasteiger partial charge on any atom is -0.295 e. The van der Waals surface area contributed by atoms with Crippen LogP contribution in [0.3, 0.4) is 0 Å². The zero-order chi connectivity index (χ0) is 10.1. The van der Waals surface area contributed by atoms with Gasteiger partial charge in [-0.15, -0.1) is 0 Å². The molecule has 5 nitrogen and oxygen atoms in total. The van der Waals surface area contributed by atoms with E-state index in [0.717, 1.165) is 9.99 Å². The molecule has 0 saturated heterocycles. The molecule has 0 atom stereocenters. The average molecular weight is 255 g/mol. The number of amides is 1. The fraction of sp³-hybridized carbons (Fsp3) is 0. The van der Waals surface area contributed by atoms with Gasteiger partial charge in [0.1, 0.15) is 0 Å². The first kappa shape index (κ1) is 9.17. The van der Waals surface area contributed by atoms with Crippen molar-refractivity contribution in [2.24, 2.45) is 5.84 Å². The number of nitrogens with two attached hydrogens (primary N) is 1. The van der Waals surface area contributed by atoms with Crippen LogP contribution in [0.2, 0.25) is 0 Å². The van der Waals surface area contributed by atoms with Gasteiger partial charge in [0.05, 0.1) is 11.7 Å². The van der Waals surface area contributed by atoms with Gasteiger partial charge in [0.15, 0.2) is 0 Å². The van der Waals surface area contributed by atoms with E-state index in [9.17, 15) is 4.79 Å². The summed E-state index contributed by atoms with van der Waals surface area (Å²) in [5.74, 6) is 4.88. The van der Waals surface area contributed by atoms with E-state index < -0.39 is 5.91 Å². The Bertz CT molecular complexity index is 493. The third kappa shape index (κ3) is 1.38. The number of hydrogen-bond donors (Lipinski definition) is 2. The van der Waals surface area contributed by atoms with Crippen molar-refractivity contribution >= 4 is 27.4 Å². The molecule has 14 heavy (non-hydrogen) atoms. The van der Waals surface area contributed by atoms with Gasteiger partial charge in [-0.2, -0.15) is 0 Å². The molecule has 0 fully saturated rings. The average Bonchev–Trinajstić information content (AvgIpc) is 2.59. The van der Waals surface area contributed by atoms with Crippen molar-refractivity contribution in [3.05, 3.63) is 34.8 Å². The Kier molecular flexibility index (Phi) is 2.22. The molecule has 0 radical (unpaired) electrons. The van der Waals surface area contributed by atoms with Crippen molar-refractivity contribution in [1.82, 2.24) is 14.8 Å². The molecule has 0 unspecified atom stereocenters. The van der Waals surface area contributed by atoms with Crippen molar-refractivity contribution in [3.8, 4) is 0 Å². The van der Waals surface area contributed by atoms with Crippen LogP contribution in [-0.2, 0) is 0 Å². The number of pyridine rings is 1. The van der Waals surface area contributed by atoms with Crippen LogP contribution in [-0.4, -0.2) is 15.3 Å². The smallest absolute Gasteiger partial charge is 0.295 e. The van der Waals surface area contributed by atoms with Gasteiger partial charge in [-0.3, -0.25) is 14.6 Å². The van der Waals surface area contributed by atoms with Crippen LogP contribution in [0.4, 0.5) is 0 Å². The molecule has 0 saturated carbocycles. The summed E-state index contributed by atoms with van der Waals surface area (Å²) in [6.45, 7) is 0. The lowest BCUT2D eigenvalue weighted by Crippen LogP contribution is -2.31. The summed E-state index contributed by atoms with van der Waals surface area (Å²) in [5.41, 5.74) is 2.88. The molecule has 0 aliphatic carbocycles. The third-order valence-corrected chi connectivity index (χ3v) is 2.29. The van der Waals surface area contributed by atoms with Crippen LogP contribution < -0.4 is 11.3 Å². The van der Waals surface area contributed by atoms with E-state index in [-0.39, 0.29) is 5.82 Å². The van der Waals surface area contributed by atoms with E-state index >= 15 is 0 Å². The number of rotatable bonds is 1. The highest BCUT2D eigenvalue weighted by Gasteiger charge is 2.10. The second-order valence-electron chi connectivity index (χ2n) is 2.70. The number of fused-ring (bicyclic) bond motifs is 1. The second-order valence-corrected chi connectivity index (χ2v) is 3.61. The van der Waals surface area contributed by atoms with Crippen LogP contribution in [0.5, 0.6) is 0 Å². The molecule has 72 valence electrons. The number of carbonyl (C=O) groups is 1. The molecule has 2 aromatic heterocycles. The molecule has 0 aromatic carbocycles. The highest BCUT2D eigenvalue weighted by Crippen LogP contribution is 2.13. The third-order valence-electron chi connectivity index (χ3n) is 1.83. The number of imidazole rings is 1. The van der Waals surface area contributed by atoms with Gasteiger partial charge in [-0.05, 0) is 28.1 Å². The van der Waals surface area contributed by atoms with Gasteiger partial charge in [0, 0.05) is 10.7 Å². The first-order chi connectivity index (χ1) is 6.72. The molecule has 0 aliphatic heterocycles. The molecule has 0 bridgehead atoms. The van der Waals surface area contributed by atoms with Crippen LogP contribution in [0.25, 0.3) is 5.52 Å². The minimum absolute atomic E-state index is 0.267. The number of nitrogens with one attached hydrogen (secondary N) is 1. The van der Waals surface area contributed by atoms with E-state index in [4.69, 9.17) is 5.84 Å². The predicted molar refractivity (Wildman–Crippen MR) is 54.5 cm³/mol. The molecule has 0 spiro atoms. The molecular weight excluding hydrogens is 248 g/mol. The van der Waals surface area contributed by atoms with Gasteiger partial charge in [-0.1, -0.05) is 0 Å². The first-order valence-corrected chi connectivity index (χ1v) is 4.65. The summed E-state index contributed by atoms with van der Waals surface area (Å²) in [4.78, 5) is 15.2. The number of hydrogen-bond acceptors (Lipinski definition) is 3. The lowest BCUT2D eigenvalue weighted by atomic mass is 10.4. The van der Waals surface area contributed by atoms with Crippen LogP contribution in [0.1, 0.15) is 10.6 Å². The maximum atomic E-state index is 11.3. The van der Waals surface area contributed by atoms with E-state index in [2.05, 4.69) is 20.9 Å². The number of hydrazine groups is 1. The summed E-state index contributed by atoms with van der Waals surface area (Å²) in [6.07, 6.45) is 3.36. The Morgan fingerprint density at radius 2 is 2.36 bits per heavy atom. The van der Waals surface area contributed by atoms with Gasteiger partial charge in [0.25, 0.3) is 0 Å². The van der Waals surface area contributed by atoms with E-state index in [1.54, 1.807) is 16.8 Å². The maximum absolute atomic E-state index is 11.3. The normalized spacial score (nSPS) is 10.4. The highest BCUT2D eigenvalue weighted by atomic mass is 79.9. The van der Waals surface area contributed by atoms with Gasteiger partial charge in [0.2, 0.25) is 5.82 Å². The van der Waals surface area contributed by atoms with Gasteiger partial charge < -0.3 is 0 Å². The van der Waals surface area contributed by atoms with Crippen LogP contribution in [0.15, 0.2) is 29.0 Å². The molecule has 0 aliphatic rings. The molecule has 1 amide bonds. The SMILES string of the molecule is NNC(=O)c1ncc2ccc(Br)cn12. The standard InChI is InChI=1S/C8H7BrN4O/c9-5-1-2-6-3-11-7(8(14)12-10)13(6)4-5/h1-4H,10H2,(H,12,14). The Morgan fingerprint density at radius 3 is 3.07 bits per heavy atom. The number of aromatic nitrogens is 2. The van der Waals surface area contributed by atoms with Crippen molar-refractivity contribution in [2.75, 3.05) is 0 Å². The highest BCUT2D eigenvalue weighted by molar-refractivity contribution is 9.10. The summed E-state index contributed by atoms with van der Waals surface area (Å²) < 4.78 is 2.53. The monoisotopic (exact) mass is 254 g/mol. The molecule has 2 aromatic rings. The van der Waals surface area contributed by atoms with Crippen molar-refractivity contribution in [1.29, 1.82) is 0 Å². The number of halogens is 1. The maximum Gasteiger partial charge on any atom is 0.301 e. The van der Waals surface area contributed by atoms with Gasteiger partial charge in [-0.25, -0.2) is 10.8 Å². The second kappa shape index (κ2) is 3.39. The fourth-order valence-electron chi connectivity index (χ4n) is 1.20. The van der Waals surface area contributed by atoms with E-state index in [1.807, 2.05) is 17.6 Å². The quantitative estimate of drug-likeness (QED) is 0.447.